The number of aliphatic hydroxyl groups is 1. The van der Waals surface area contributed by atoms with Crippen LogP contribution in [0, 0.1) is 0 Å². The minimum Gasteiger partial charge on any atom is -0.493 e. The summed E-state index contributed by atoms with van der Waals surface area (Å²) in [7, 11) is 1.66. The van der Waals surface area contributed by atoms with Crippen molar-refractivity contribution >= 4 is 0 Å². The number of piperidine rings is 1. The van der Waals surface area contributed by atoms with Gasteiger partial charge in [0.1, 0.15) is 12.7 Å². The van der Waals surface area contributed by atoms with Crippen LogP contribution in [0.5, 0.6) is 11.5 Å². The maximum absolute atomic E-state index is 10.3. The second-order valence-corrected chi connectivity index (χ2v) is 7.29. The summed E-state index contributed by atoms with van der Waals surface area (Å²) >= 11 is 0. The topological polar surface area (TPSA) is 45.2 Å². The normalized spacial score (nSPS) is 20.6. The molecule has 0 amide bonds. The van der Waals surface area contributed by atoms with Crippen molar-refractivity contribution in [2.45, 2.75) is 44.8 Å². The average Bonchev–Trinajstić information content (AvgIpc) is 3.14. The molecule has 25 heavy (non-hydrogen) atoms. The van der Waals surface area contributed by atoms with Crippen LogP contribution >= 0.6 is 0 Å². The zero-order valence-corrected chi connectivity index (χ0v) is 15.5. The molecular formula is C20H32N2O3. The summed E-state index contributed by atoms with van der Waals surface area (Å²) in [5, 5.41) is 10.3. The number of nitrogens with zero attached hydrogens (tertiary/aromatic N) is 2. The van der Waals surface area contributed by atoms with E-state index in [1.807, 2.05) is 6.07 Å². The van der Waals surface area contributed by atoms with Gasteiger partial charge in [0, 0.05) is 13.1 Å². The quantitative estimate of drug-likeness (QED) is 0.782. The Morgan fingerprint density at radius 1 is 0.960 bits per heavy atom. The van der Waals surface area contributed by atoms with Crippen LogP contribution < -0.4 is 9.47 Å². The molecule has 2 aliphatic heterocycles. The van der Waals surface area contributed by atoms with Crippen molar-refractivity contribution in [1.29, 1.82) is 0 Å². The maximum atomic E-state index is 10.3. The van der Waals surface area contributed by atoms with E-state index in [1.165, 1.54) is 50.8 Å². The monoisotopic (exact) mass is 348 g/mol. The summed E-state index contributed by atoms with van der Waals surface area (Å²) in [6.45, 7) is 6.48. The molecule has 2 fully saturated rings. The number of β-amino-alcohol motifs (C(OH)–C–C–N with tert-alkyl or cyclic N) is 1. The van der Waals surface area contributed by atoms with Crippen molar-refractivity contribution in [3.8, 4) is 11.5 Å². The van der Waals surface area contributed by atoms with Crippen molar-refractivity contribution in [1.82, 2.24) is 9.80 Å². The number of hydrogen-bond acceptors (Lipinski definition) is 5. The summed E-state index contributed by atoms with van der Waals surface area (Å²) < 4.78 is 11.3. The Morgan fingerprint density at radius 2 is 1.64 bits per heavy atom. The fourth-order valence-electron chi connectivity index (χ4n) is 3.81. The second-order valence-electron chi connectivity index (χ2n) is 7.29. The summed E-state index contributed by atoms with van der Waals surface area (Å²) in [5.74, 6) is 1.47. The zero-order valence-electron chi connectivity index (χ0n) is 15.5. The largest absolute Gasteiger partial charge is 0.493 e. The van der Waals surface area contributed by atoms with Gasteiger partial charge in [-0.2, -0.15) is 0 Å². The van der Waals surface area contributed by atoms with Gasteiger partial charge in [0.15, 0.2) is 11.5 Å². The zero-order chi connectivity index (χ0) is 17.5. The molecule has 1 aromatic carbocycles. The minimum atomic E-state index is -0.468. The Morgan fingerprint density at radius 3 is 2.36 bits per heavy atom. The molecule has 0 radical (unpaired) electrons. The highest BCUT2D eigenvalue weighted by Gasteiger charge is 2.17. The van der Waals surface area contributed by atoms with E-state index in [9.17, 15) is 5.11 Å². The van der Waals surface area contributed by atoms with Crippen LogP contribution in [-0.2, 0) is 6.54 Å². The molecule has 2 aliphatic rings. The predicted molar refractivity (Wildman–Crippen MR) is 99.3 cm³/mol. The summed E-state index contributed by atoms with van der Waals surface area (Å²) in [4.78, 5) is 4.80. The van der Waals surface area contributed by atoms with Gasteiger partial charge in [-0.1, -0.05) is 12.5 Å². The first-order chi connectivity index (χ1) is 12.2. The lowest BCUT2D eigenvalue weighted by Crippen LogP contribution is -2.38. The smallest absolute Gasteiger partial charge is 0.161 e. The summed E-state index contributed by atoms with van der Waals surface area (Å²) in [6, 6.07) is 6.14. The van der Waals surface area contributed by atoms with Gasteiger partial charge >= 0.3 is 0 Å². The lowest BCUT2D eigenvalue weighted by molar-refractivity contribution is 0.0608. The fourth-order valence-corrected chi connectivity index (χ4v) is 3.81. The fraction of sp³-hybridized carbons (Fsp3) is 0.700. The van der Waals surface area contributed by atoms with Gasteiger partial charge in [0.05, 0.1) is 7.11 Å². The highest BCUT2D eigenvalue weighted by Crippen LogP contribution is 2.29. The van der Waals surface area contributed by atoms with E-state index in [2.05, 4.69) is 21.9 Å². The Hall–Kier alpha value is -1.30. The molecule has 3 rings (SSSR count). The van der Waals surface area contributed by atoms with Crippen LogP contribution in [0.15, 0.2) is 18.2 Å². The third-order valence-corrected chi connectivity index (χ3v) is 5.18. The van der Waals surface area contributed by atoms with Crippen molar-refractivity contribution in [2.24, 2.45) is 0 Å². The molecule has 2 saturated heterocycles. The van der Waals surface area contributed by atoms with Crippen molar-refractivity contribution < 1.29 is 14.6 Å². The molecule has 5 nitrogen and oxygen atoms in total. The SMILES string of the molecule is COc1ccc(CN2CCCC2)cc1OCC(O)CN1CCCCC1. The first-order valence-corrected chi connectivity index (χ1v) is 9.67. The molecule has 0 saturated carbocycles. The van der Waals surface area contributed by atoms with E-state index in [0.717, 1.165) is 31.1 Å². The Bertz CT molecular complexity index is 526. The van der Waals surface area contributed by atoms with Crippen LogP contribution in [0.4, 0.5) is 0 Å². The number of likely N-dealkylation sites (tertiary alicyclic amines) is 2. The van der Waals surface area contributed by atoms with Crippen LogP contribution in [-0.4, -0.2) is 67.5 Å². The summed E-state index contributed by atoms with van der Waals surface area (Å²) in [5.41, 5.74) is 1.24. The molecule has 0 spiro atoms. The molecule has 0 bridgehead atoms. The van der Waals surface area contributed by atoms with Gasteiger partial charge in [0.25, 0.3) is 0 Å². The van der Waals surface area contributed by atoms with E-state index in [-0.39, 0.29) is 0 Å². The lowest BCUT2D eigenvalue weighted by Gasteiger charge is -2.28. The van der Waals surface area contributed by atoms with E-state index < -0.39 is 6.10 Å². The highest BCUT2D eigenvalue weighted by molar-refractivity contribution is 5.43. The molecule has 1 atom stereocenters. The molecule has 1 aromatic rings. The second kappa shape index (κ2) is 9.41. The van der Waals surface area contributed by atoms with Gasteiger partial charge < -0.3 is 19.5 Å². The Labute approximate surface area is 151 Å². The van der Waals surface area contributed by atoms with Crippen LogP contribution in [0.2, 0.25) is 0 Å². The van der Waals surface area contributed by atoms with E-state index in [4.69, 9.17) is 9.47 Å². The van der Waals surface area contributed by atoms with Crippen LogP contribution in [0.25, 0.3) is 0 Å². The molecule has 1 unspecified atom stereocenters. The molecule has 5 heteroatoms. The highest BCUT2D eigenvalue weighted by atomic mass is 16.5. The number of rotatable bonds is 8. The first-order valence-electron chi connectivity index (χ1n) is 9.67. The molecule has 0 aromatic heterocycles. The average molecular weight is 348 g/mol. The molecule has 2 heterocycles. The van der Waals surface area contributed by atoms with Gasteiger partial charge in [-0.05, 0) is 69.6 Å². The maximum Gasteiger partial charge on any atom is 0.161 e. The van der Waals surface area contributed by atoms with E-state index in [1.54, 1.807) is 7.11 Å². The third kappa shape index (κ3) is 5.59. The molecule has 0 aliphatic carbocycles. The number of aliphatic hydroxyl groups excluding tert-OH is 1. The molecule has 1 N–H and O–H groups in total. The predicted octanol–water partition coefficient (Wildman–Crippen LogP) is 2.52. The molecule has 140 valence electrons. The Balaban J connectivity index is 1.53. The van der Waals surface area contributed by atoms with Crippen molar-refractivity contribution in [3.63, 3.8) is 0 Å². The van der Waals surface area contributed by atoms with Gasteiger partial charge in [-0.25, -0.2) is 0 Å². The van der Waals surface area contributed by atoms with E-state index in [0.29, 0.717) is 13.2 Å². The number of hydrogen-bond donors (Lipinski definition) is 1. The van der Waals surface area contributed by atoms with Crippen molar-refractivity contribution in [3.05, 3.63) is 23.8 Å². The summed E-state index contributed by atoms with van der Waals surface area (Å²) in [6.07, 6.45) is 5.90. The first kappa shape index (κ1) is 18.5. The Kier molecular flexibility index (Phi) is 6.96. The van der Waals surface area contributed by atoms with E-state index >= 15 is 0 Å². The standard InChI is InChI=1S/C20H32N2O3/c1-24-19-8-7-17(14-21-11-5-6-12-21)13-20(19)25-16-18(23)15-22-9-3-2-4-10-22/h7-8,13,18,23H,2-6,9-12,14-16H2,1H3. The van der Waals surface area contributed by atoms with Crippen molar-refractivity contribution in [2.75, 3.05) is 46.4 Å². The lowest BCUT2D eigenvalue weighted by atomic mass is 10.1. The van der Waals surface area contributed by atoms with Crippen LogP contribution in [0.3, 0.4) is 0 Å². The number of benzene rings is 1. The number of ether oxygens (including phenoxy) is 2. The number of methoxy groups -OCH3 is 1. The van der Waals surface area contributed by atoms with Crippen LogP contribution in [0.1, 0.15) is 37.7 Å². The minimum absolute atomic E-state index is 0.306. The van der Waals surface area contributed by atoms with Gasteiger partial charge in [-0.3, -0.25) is 4.90 Å². The van der Waals surface area contributed by atoms with Gasteiger partial charge in [-0.15, -0.1) is 0 Å². The van der Waals surface area contributed by atoms with Gasteiger partial charge in [0.2, 0.25) is 0 Å². The molecular weight excluding hydrogens is 316 g/mol. The third-order valence-electron chi connectivity index (χ3n) is 5.18.